The summed E-state index contributed by atoms with van der Waals surface area (Å²) in [5, 5.41) is 0.607. The molecule has 0 unspecified atom stereocenters. The molecular weight excluding hydrogens is 171 g/mol. The van der Waals surface area contributed by atoms with Gasteiger partial charge in [0.05, 0.1) is 5.52 Å². The molecule has 66 valence electrons. The monoisotopic (exact) mass is 178 g/mol. The average Bonchev–Trinajstić information content (AvgIpc) is 2.02. The van der Waals surface area contributed by atoms with Gasteiger partial charge in [0.15, 0.2) is 0 Å². The quantitative estimate of drug-likeness (QED) is 0.629. The molecule has 1 aromatic carbocycles. The second kappa shape index (κ2) is 2.55. The van der Waals surface area contributed by atoms with Crippen molar-refractivity contribution in [3.63, 3.8) is 0 Å². The van der Waals surface area contributed by atoms with Crippen LogP contribution in [0.25, 0.3) is 10.9 Å². The van der Waals surface area contributed by atoms with Gasteiger partial charge in [-0.2, -0.15) is 4.98 Å². The van der Waals surface area contributed by atoms with Crippen LogP contribution < -0.4 is 11.5 Å². The average molecular weight is 178 g/mol. The first-order chi connectivity index (χ1) is 6.16. The first-order valence-electron chi connectivity index (χ1n) is 3.65. The van der Waals surface area contributed by atoms with Crippen LogP contribution in [0.15, 0.2) is 18.2 Å². The van der Waals surface area contributed by atoms with E-state index in [1.807, 2.05) is 0 Å². The van der Waals surface area contributed by atoms with Crippen LogP contribution in [-0.4, -0.2) is 9.97 Å². The van der Waals surface area contributed by atoms with E-state index < -0.39 is 0 Å². The van der Waals surface area contributed by atoms with E-state index in [0.717, 1.165) is 0 Å². The second-order valence-electron chi connectivity index (χ2n) is 2.63. The summed E-state index contributed by atoms with van der Waals surface area (Å²) >= 11 is 0. The van der Waals surface area contributed by atoms with Crippen molar-refractivity contribution in [3.8, 4) is 0 Å². The zero-order valence-electron chi connectivity index (χ0n) is 6.66. The Hall–Kier alpha value is -1.91. The molecule has 0 bridgehead atoms. The number of halogens is 1. The minimum Gasteiger partial charge on any atom is -0.383 e. The van der Waals surface area contributed by atoms with Crippen LogP contribution in [0.3, 0.4) is 0 Å². The molecular formula is C8H7FN4. The van der Waals surface area contributed by atoms with Gasteiger partial charge < -0.3 is 11.5 Å². The summed E-state index contributed by atoms with van der Waals surface area (Å²) in [6.45, 7) is 0. The summed E-state index contributed by atoms with van der Waals surface area (Å²) in [6, 6.07) is 4.10. The van der Waals surface area contributed by atoms with E-state index in [0.29, 0.717) is 10.9 Å². The highest BCUT2D eigenvalue weighted by Crippen LogP contribution is 2.18. The molecule has 0 saturated carbocycles. The van der Waals surface area contributed by atoms with Crippen LogP contribution >= 0.6 is 0 Å². The number of nitrogens with two attached hydrogens (primary N) is 2. The maximum Gasteiger partial charge on any atom is 0.222 e. The molecule has 1 aromatic heterocycles. The van der Waals surface area contributed by atoms with Gasteiger partial charge in [0.25, 0.3) is 0 Å². The highest BCUT2D eigenvalue weighted by molar-refractivity contribution is 5.88. The van der Waals surface area contributed by atoms with Crippen LogP contribution in [-0.2, 0) is 0 Å². The third-order valence-electron chi connectivity index (χ3n) is 1.71. The van der Waals surface area contributed by atoms with Crippen molar-refractivity contribution in [2.24, 2.45) is 0 Å². The zero-order chi connectivity index (χ0) is 9.42. The summed E-state index contributed by atoms with van der Waals surface area (Å²) < 4.78 is 12.8. The Morgan fingerprint density at radius 1 is 1.15 bits per heavy atom. The van der Waals surface area contributed by atoms with Crippen molar-refractivity contribution >= 4 is 22.7 Å². The van der Waals surface area contributed by atoms with Gasteiger partial charge in [0.2, 0.25) is 5.95 Å². The fraction of sp³-hybridized carbons (Fsp3) is 0. The lowest BCUT2D eigenvalue weighted by atomic mass is 10.2. The largest absolute Gasteiger partial charge is 0.383 e. The van der Waals surface area contributed by atoms with E-state index >= 15 is 0 Å². The third-order valence-corrected chi connectivity index (χ3v) is 1.71. The molecule has 2 aromatic rings. The molecule has 0 radical (unpaired) electrons. The number of nitrogens with zero attached hydrogens (tertiary/aromatic N) is 2. The van der Waals surface area contributed by atoms with E-state index in [1.165, 1.54) is 18.2 Å². The first-order valence-corrected chi connectivity index (χ1v) is 3.65. The molecule has 4 N–H and O–H groups in total. The van der Waals surface area contributed by atoms with E-state index in [2.05, 4.69) is 9.97 Å². The molecule has 4 nitrogen and oxygen atoms in total. The maximum absolute atomic E-state index is 12.8. The molecule has 1 heterocycles. The summed E-state index contributed by atoms with van der Waals surface area (Å²) in [4.78, 5) is 7.60. The van der Waals surface area contributed by atoms with Gasteiger partial charge in [0, 0.05) is 11.5 Å². The molecule has 2 rings (SSSR count). The Balaban J connectivity index is 2.86. The van der Waals surface area contributed by atoms with Crippen LogP contribution in [0, 0.1) is 5.82 Å². The molecule has 0 aliphatic rings. The SMILES string of the molecule is Nc1nc(N)c2ccc(F)cc2n1. The molecule has 0 spiro atoms. The van der Waals surface area contributed by atoms with Crippen LogP contribution in [0.1, 0.15) is 0 Å². The number of hydrogen-bond donors (Lipinski definition) is 2. The smallest absolute Gasteiger partial charge is 0.222 e. The van der Waals surface area contributed by atoms with E-state index in [1.54, 1.807) is 0 Å². The minimum atomic E-state index is -0.370. The van der Waals surface area contributed by atoms with Gasteiger partial charge in [0.1, 0.15) is 11.6 Å². The number of aromatic nitrogens is 2. The highest BCUT2D eigenvalue weighted by Gasteiger charge is 2.03. The molecule has 0 aliphatic carbocycles. The molecule has 0 atom stereocenters. The van der Waals surface area contributed by atoms with Crippen molar-refractivity contribution in [2.45, 2.75) is 0 Å². The van der Waals surface area contributed by atoms with Gasteiger partial charge in [-0.05, 0) is 12.1 Å². The molecule has 5 heteroatoms. The summed E-state index contributed by atoms with van der Waals surface area (Å²) in [6.07, 6.45) is 0. The zero-order valence-corrected chi connectivity index (χ0v) is 6.66. The molecule has 0 saturated heterocycles. The van der Waals surface area contributed by atoms with E-state index in [9.17, 15) is 4.39 Å². The van der Waals surface area contributed by atoms with Crippen LogP contribution in [0.5, 0.6) is 0 Å². The third kappa shape index (κ3) is 1.24. The Kier molecular flexibility index (Phi) is 1.51. The lowest BCUT2D eigenvalue weighted by molar-refractivity contribution is 0.629. The molecule has 0 amide bonds. The normalized spacial score (nSPS) is 10.5. The molecule has 13 heavy (non-hydrogen) atoms. The van der Waals surface area contributed by atoms with Crippen molar-refractivity contribution in [2.75, 3.05) is 11.5 Å². The summed E-state index contributed by atoms with van der Waals surface area (Å²) in [7, 11) is 0. The van der Waals surface area contributed by atoms with Crippen LogP contribution in [0.4, 0.5) is 16.2 Å². The van der Waals surface area contributed by atoms with Gasteiger partial charge in [-0.25, -0.2) is 9.37 Å². The fourth-order valence-electron chi connectivity index (χ4n) is 1.15. The van der Waals surface area contributed by atoms with Crippen LogP contribution in [0.2, 0.25) is 0 Å². The summed E-state index contributed by atoms with van der Waals surface area (Å²) in [5.41, 5.74) is 11.3. The predicted molar refractivity (Wildman–Crippen MR) is 48.3 cm³/mol. The van der Waals surface area contributed by atoms with Crippen molar-refractivity contribution < 1.29 is 4.39 Å². The Bertz CT molecular complexity index is 464. The summed E-state index contributed by atoms with van der Waals surface area (Å²) in [5.74, 6) is -0.0527. The topological polar surface area (TPSA) is 77.8 Å². The number of fused-ring (bicyclic) bond motifs is 1. The number of rotatable bonds is 0. The Morgan fingerprint density at radius 3 is 2.69 bits per heavy atom. The fourth-order valence-corrected chi connectivity index (χ4v) is 1.15. The minimum absolute atomic E-state index is 0.0515. The number of anilines is 2. The molecule has 0 fully saturated rings. The Morgan fingerprint density at radius 2 is 1.92 bits per heavy atom. The van der Waals surface area contributed by atoms with Gasteiger partial charge in [-0.15, -0.1) is 0 Å². The van der Waals surface area contributed by atoms with E-state index in [-0.39, 0.29) is 17.6 Å². The molecule has 0 aliphatic heterocycles. The standard InChI is InChI=1S/C8H7FN4/c9-4-1-2-5-6(3-4)12-8(11)13-7(5)10/h1-3H,(H4,10,11,12,13). The van der Waals surface area contributed by atoms with Gasteiger partial charge in [-0.1, -0.05) is 0 Å². The number of nitrogen functional groups attached to an aromatic ring is 2. The van der Waals surface area contributed by atoms with Crippen molar-refractivity contribution in [1.82, 2.24) is 9.97 Å². The number of benzene rings is 1. The Labute approximate surface area is 73.4 Å². The number of hydrogen-bond acceptors (Lipinski definition) is 4. The van der Waals surface area contributed by atoms with Gasteiger partial charge >= 0.3 is 0 Å². The maximum atomic E-state index is 12.8. The lowest BCUT2D eigenvalue weighted by Crippen LogP contribution is -2.00. The highest BCUT2D eigenvalue weighted by atomic mass is 19.1. The van der Waals surface area contributed by atoms with Gasteiger partial charge in [-0.3, -0.25) is 0 Å². The second-order valence-corrected chi connectivity index (χ2v) is 2.63. The predicted octanol–water partition coefficient (Wildman–Crippen LogP) is 0.933. The van der Waals surface area contributed by atoms with Crippen molar-refractivity contribution in [1.29, 1.82) is 0 Å². The lowest BCUT2D eigenvalue weighted by Gasteiger charge is -2.01. The van der Waals surface area contributed by atoms with Crippen molar-refractivity contribution in [3.05, 3.63) is 24.0 Å². The first kappa shape index (κ1) is 7.72. The van der Waals surface area contributed by atoms with E-state index in [4.69, 9.17) is 11.5 Å².